The van der Waals surface area contributed by atoms with Crippen molar-refractivity contribution in [3.05, 3.63) is 107 Å². The quantitative estimate of drug-likeness (QED) is 0.168. The molecule has 6 rings (SSSR count). The number of amides is 2. The first-order valence-corrected chi connectivity index (χ1v) is 14.0. The van der Waals surface area contributed by atoms with E-state index < -0.39 is 17.3 Å². The molecule has 2 amide bonds. The Bertz CT molecular complexity index is 1870. The number of methoxy groups -OCH3 is 1. The lowest BCUT2D eigenvalue weighted by molar-refractivity contribution is -0.0106. The smallest absolute Gasteiger partial charge is 0.255 e. The normalized spacial score (nSPS) is 13.4. The first-order valence-electron chi connectivity index (χ1n) is 14.0. The summed E-state index contributed by atoms with van der Waals surface area (Å²) in [5.41, 5.74) is 3.07. The molecule has 0 radical (unpaired) electrons. The third-order valence-corrected chi connectivity index (χ3v) is 7.93. The lowest BCUT2D eigenvalue weighted by Crippen LogP contribution is -2.35. The second-order valence-electron chi connectivity index (χ2n) is 10.5. The predicted molar refractivity (Wildman–Crippen MR) is 163 cm³/mol. The van der Waals surface area contributed by atoms with Crippen molar-refractivity contribution in [2.45, 2.75) is 18.4 Å². The molecule has 1 aliphatic carbocycles. The molecule has 1 aliphatic rings. The van der Waals surface area contributed by atoms with Crippen LogP contribution in [-0.2, 0) is 10.4 Å². The zero-order valence-corrected chi connectivity index (χ0v) is 24.3. The summed E-state index contributed by atoms with van der Waals surface area (Å²) in [6.07, 6.45) is 1.63. The number of hydrogen-bond donors (Lipinski definition) is 3. The van der Waals surface area contributed by atoms with Crippen molar-refractivity contribution in [2.75, 3.05) is 26.5 Å². The highest BCUT2D eigenvalue weighted by molar-refractivity contribution is 6.13. The van der Waals surface area contributed by atoms with Crippen molar-refractivity contribution in [2.24, 2.45) is 0 Å². The third-order valence-electron chi connectivity index (χ3n) is 7.93. The first kappa shape index (κ1) is 28.9. The van der Waals surface area contributed by atoms with E-state index in [1.165, 1.54) is 51.6 Å². The van der Waals surface area contributed by atoms with Gasteiger partial charge in [-0.1, -0.05) is 36.4 Å². The Kier molecular flexibility index (Phi) is 7.54. The van der Waals surface area contributed by atoms with E-state index in [9.17, 15) is 19.2 Å². The molecule has 0 unspecified atom stereocenters. The molecule has 1 aromatic heterocycles. The van der Waals surface area contributed by atoms with Crippen LogP contribution in [0.4, 0.5) is 10.1 Å². The number of anilines is 1. The molecule has 1 heterocycles. The minimum atomic E-state index is -0.447. The van der Waals surface area contributed by atoms with E-state index in [-0.39, 0.29) is 28.5 Å². The number of ether oxygens (including phenoxy) is 1. The van der Waals surface area contributed by atoms with Gasteiger partial charge in [0.2, 0.25) is 0 Å². The van der Waals surface area contributed by atoms with Gasteiger partial charge in [-0.15, -0.1) is 5.23 Å². The lowest BCUT2D eigenvalue weighted by atomic mass is 9.96. The second kappa shape index (κ2) is 11.5. The standard InChI is InChI=1S/C34H30FN3O6/c1-36-33(40)30-25-18-24(27(38(41)43-3)19-29(25)44-31(30)20-9-12-23(35)13-10-20)21-11-14-28(42-2)26(17-21)32(39)37-34(15-16-34)22-7-5-4-6-8-22/h4-14,17-19,41H,15-16H2,1-3H3,(H,36,40)(H,37,39). The molecular weight excluding hydrogens is 565 g/mol. The van der Waals surface area contributed by atoms with Gasteiger partial charge in [0, 0.05) is 29.6 Å². The maximum atomic E-state index is 13.7. The van der Waals surface area contributed by atoms with Crippen LogP contribution in [0, 0.1) is 5.82 Å². The number of nitrogens with zero attached hydrogens (tertiary/aromatic N) is 1. The molecule has 10 heteroatoms. The summed E-state index contributed by atoms with van der Waals surface area (Å²) in [5, 5.41) is 17.6. The Morgan fingerprint density at radius 3 is 2.27 bits per heavy atom. The summed E-state index contributed by atoms with van der Waals surface area (Å²) in [7, 11) is 4.29. The van der Waals surface area contributed by atoms with Crippen molar-refractivity contribution in [1.82, 2.24) is 10.6 Å². The molecule has 0 spiro atoms. The molecule has 0 saturated heterocycles. The third kappa shape index (κ3) is 5.14. The number of halogens is 1. The molecule has 9 nitrogen and oxygen atoms in total. The van der Waals surface area contributed by atoms with Crippen molar-refractivity contribution in [1.29, 1.82) is 0 Å². The number of benzene rings is 4. The Hall–Kier alpha value is -5.19. The highest BCUT2D eigenvalue weighted by Gasteiger charge is 2.46. The highest BCUT2D eigenvalue weighted by atomic mass is 19.1. The van der Waals surface area contributed by atoms with E-state index >= 15 is 0 Å². The van der Waals surface area contributed by atoms with Gasteiger partial charge in [-0.2, -0.15) is 0 Å². The van der Waals surface area contributed by atoms with Gasteiger partial charge >= 0.3 is 0 Å². The summed E-state index contributed by atoms with van der Waals surface area (Å²) in [5.74, 6) is -0.552. The monoisotopic (exact) mass is 595 g/mol. The Morgan fingerprint density at radius 2 is 1.64 bits per heavy atom. The van der Waals surface area contributed by atoms with Crippen molar-refractivity contribution >= 4 is 28.5 Å². The molecule has 0 aliphatic heterocycles. The van der Waals surface area contributed by atoms with Crippen LogP contribution in [0.1, 0.15) is 39.1 Å². The second-order valence-corrected chi connectivity index (χ2v) is 10.5. The van der Waals surface area contributed by atoms with Gasteiger partial charge in [-0.05, 0) is 66.4 Å². The van der Waals surface area contributed by atoms with Crippen molar-refractivity contribution in [3.63, 3.8) is 0 Å². The molecule has 1 fully saturated rings. The fourth-order valence-electron chi connectivity index (χ4n) is 5.48. The number of carbonyl (C=O) groups excluding carboxylic acids is 2. The molecule has 5 aromatic rings. The van der Waals surface area contributed by atoms with Crippen LogP contribution in [0.25, 0.3) is 33.4 Å². The molecule has 1 saturated carbocycles. The van der Waals surface area contributed by atoms with Crippen LogP contribution < -0.4 is 20.6 Å². The maximum Gasteiger partial charge on any atom is 0.255 e. The minimum absolute atomic E-state index is 0.197. The van der Waals surface area contributed by atoms with Gasteiger partial charge in [-0.3, -0.25) is 19.6 Å². The zero-order valence-electron chi connectivity index (χ0n) is 24.3. The van der Waals surface area contributed by atoms with E-state index in [2.05, 4.69) is 10.6 Å². The Morgan fingerprint density at radius 1 is 0.932 bits per heavy atom. The number of fused-ring (bicyclic) bond motifs is 1. The summed E-state index contributed by atoms with van der Waals surface area (Å²) in [6, 6.07) is 23.7. The van der Waals surface area contributed by atoms with Crippen LogP contribution in [0.5, 0.6) is 5.75 Å². The van der Waals surface area contributed by atoms with E-state index in [0.29, 0.717) is 38.6 Å². The first-order chi connectivity index (χ1) is 21.3. The summed E-state index contributed by atoms with van der Waals surface area (Å²) in [6.45, 7) is 0. The van der Waals surface area contributed by atoms with E-state index in [0.717, 1.165) is 18.4 Å². The Balaban J connectivity index is 1.49. The maximum absolute atomic E-state index is 13.7. The largest absolute Gasteiger partial charge is 0.496 e. The SMILES string of the molecule is CNC(=O)c1c(-c2ccc(F)cc2)oc2cc(N(O)OC)c(-c3ccc(OC)c(C(=O)NC4(c5ccccc5)CC4)c3)cc12. The summed E-state index contributed by atoms with van der Waals surface area (Å²) < 4.78 is 25.4. The molecule has 3 N–H and O–H groups in total. The number of nitrogens with one attached hydrogen (secondary N) is 2. The predicted octanol–water partition coefficient (Wildman–Crippen LogP) is 6.45. The van der Waals surface area contributed by atoms with Gasteiger partial charge in [0.25, 0.3) is 11.8 Å². The summed E-state index contributed by atoms with van der Waals surface area (Å²) >= 11 is 0. The average Bonchev–Trinajstić information content (AvgIpc) is 3.75. The minimum Gasteiger partial charge on any atom is -0.496 e. The summed E-state index contributed by atoms with van der Waals surface area (Å²) in [4.78, 5) is 32.0. The zero-order chi connectivity index (χ0) is 31.0. The molecule has 224 valence electrons. The van der Waals surface area contributed by atoms with Crippen LogP contribution >= 0.6 is 0 Å². The molecular formula is C34H30FN3O6. The topological polar surface area (TPSA) is 113 Å². The lowest BCUT2D eigenvalue weighted by Gasteiger charge is -2.20. The molecule has 4 aromatic carbocycles. The van der Waals surface area contributed by atoms with Gasteiger partial charge in [0.1, 0.15) is 28.6 Å². The van der Waals surface area contributed by atoms with Crippen LogP contribution in [0.3, 0.4) is 0 Å². The van der Waals surface area contributed by atoms with E-state index in [4.69, 9.17) is 14.0 Å². The fourth-order valence-corrected chi connectivity index (χ4v) is 5.48. The highest BCUT2D eigenvalue weighted by Crippen LogP contribution is 2.46. The van der Waals surface area contributed by atoms with Crippen molar-refractivity contribution in [3.8, 4) is 28.2 Å². The van der Waals surface area contributed by atoms with Crippen LogP contribution in [-0.4, -0.2) is 38.3 Å². The van der Waals surface area contributed by atoms with Crippen LogP contribution in [0.15, 0.2) is 89.3 Å². The van der Waals surface area contributed by atoms with Gasteiger partial charge in [-0.25, -0.2) is 4.39 Å². The average molecular weight is 596 g/mol. The van der Waals surface area contributed by atoms with Crippen molar-refractivity contribution < 1.29 is 33.2 Å². The number of carbonyl (C=O) groups is 2. The molecule has 0 bridgehead atoms. The number of furan rings is 1. The van der Waals surface area contributed by atoms with Gasteiger partial charge in [0.05, 0.1) is 30.9 Å². The van der Waals surface area contributed by atoms with Crippen LogP contribution in [0.2, 0.25) is 0 Å². The van der Waals surface area contributed by atoms with E-state index in [1.807, 2.05) is 30.3 Å². The Labute approximate surface area is 252 Å². The fraction of sp³-hybridized carbons (Fsp3) is 0.176. The number of hydrogen-bond acceptors (Lipinski definition) is 7. The van der Waals surface area contributed by atoms with E-state index in [1.54, 1.807) is 24.3 Å². The van der Waals surface area contributed by atoms with Gasteiger partial charge < -0.3 is 19.8 Å². The number of rotatable bonds is 9. The molecule has 44 heavy (non-hydrogen) atoms. The molecule has 0 atom stereocenters. The van der Waals surface area contributed by atoms with Gasteiger partial charge in [0.15, 0.2) is 0 Å².